The fourth-order valence-electron chi connectivity index (χ4n) is 2.21. The molecule has 0 spiro atoms. The summed E-state index contributed by atoms with van der Waals surface area (Å²) >= 11 is 0. The molecule has 6 heteroatoms. The maximum Gasteiger partial charge on any atom is 0.323 e. The second kappa shape index (κ2) is 5.41. The molecule has 1 aromatic heterocycles. The van der Waals surface area contributed by atoms with Crippen LogP contribution in [0.15, 0.2) is 18.5 Å². The molecule has 2 heterocycles. The van der Waals surface area contributed by atoms with Gasteiger partial charge in [-0.15, -0.1) is 0 Å². The molecular weight excluding hydrogens is 239 g/mol. The third-order valence-electron chi connectivity index (χ3n) is 3.00. The highest BCUT2D eigenvalue weighted by Gasteiger charge is 2.36. The first-order valence-electron chi connectivity index (χ1n) is 5.69. The number of hydrogen-bond donors (Lipinski definition) is 1. The molecular formula is C12H15FN2O3. The average Bonchev–Trinajstić information content (AvgIpc) is 2.69. The topological polar surface area (TPSA) is 62.7 Å². The van der Waals surface area contributed by atoms with Crippen molar-refractivity contribution in [1.82, 2.24) is 9.88 Å². The summed E-state index contributed by atoms with van der Waals surface area (Å²) in [5.74, 6) is -0.794. The summed E-state index contributed by atoms with van der Waals surface area (Å²) in [7, 11) is 1.31. The number of likely N-dealkylation sites (tertiary alicyclic amines) is 1. The fraction of sp³-hybridized carbons (Fsp3) is 0.500. The number of aliphatic hydroxyl groups excluding tert-OH is 1. The van der Waals surface area contributed by atoms with Gasteiger partial charge in [-0.2, -0.15) is 0 Å². The van der Waals surface area contributed by atoms with Gasteiger partial charge in [-0.25, -0.2) is 4.39 Å². The Kier molecular flexibility index (Phi) is 3.88. The third-order valence-corrected chi connectivity index (χ3v) is 3.00. The lowest BCUT2D eigenvalue weighted by Gasteiger charge is -2.21. The second-order valence-electron chi connectivity index (χ2n) is 4.37. The Hall–Kier alpha value is -1.53. The van der Waals surface area contributed by atoms with Gasteiger partial charge >= 0.3 is 5.97 Å². The lowest BCUT2D eigenvalue weighted by atomic mass is 10.2. The van der Waals surface area contributed by atoms with Crippen LogP contribution in [0.25, 0.3) is 0 Å². The number of pyridine rings is 1. The van der Waals surface area contributed by atoms with E-state index in [0.717, 1.165) is 6.20 Å². The molecule has 2 rings (SSSR count). The number of halogens is 1. The number of β-amino-alcohol motifs (C(OH)–C–C–N with tert-alkyl or cyclic N) is 1. The quantitative estimate of drug-likeness (QED) is 0.787. The minimum Gasteiger partial charge on any atom is -0.468 e. The first-order valence-corrected chi connectivity index (χ1v) is 5.69. The standard InChI is InChI=1S/C12H15FN2O3/c1-18-12(17)11-3-10(16)7-15(11)6-8-2-9(13)5-14-4-8/h2,4-5,10-11,16H,3,6-7H2,1H3. The largest absolute Gasteiger partial charge is 0.468 e. The number of aliphatic hydroxyl groups is 1. The van der Waals surface area contributed by atoms with E-state index in [1.807, 2.05) is 0 Å². The molecule has 0 aliphatic carbocycles. The van der Waals surface area contributed by atoms with Crippen molar-refractivity contribution < 1.29 is 19.0 Å². The molecule has 18 heavy (non-hydrogen) atoms. The van der Waals surface area contributed by atoms with Crippen LogP contribution in [0.1, 0.15) is 12.0 Å². The molecule has 5 nitrogen and oxygen atoms in total. The van der Waals surface area contributed by atoms with E-state index in [0.29, 0.717) is 25.1 Å². The predicted octanol–water partition coefficient (Wildman–Crippen LogP) is 0.329. The summed E-state index contributed by atoms with van der Waals surface area (Å²) in [5.41, 5.74) is 0.665. The fourth-order valence-corrected chi connectivity index (χ4v) is 2.21. The lowest BCUT2D eigenvalue weighted by Crippen LogP contribution is -2.36. The van der Waals surface area contributed by atoms with Crippen LogP contribution in [0.5, 0.6) is 0 Å². The summed E-state index contributed by atoms with van der Waals surface area (Å²) in [5, 5.41) is 9.61. The van der Waals surface area contributed by atoms with E-state index in [4.69, 9.17) is 4.74 Å². The van der Waals surface area contributed by atoms with Crippen molar-refractivity contribution in [2.45, 2.75) is 25.1 Å². The summed E-state index contributed by atoms with van der Waals surface area (Å²) in [6.45, 7) is 0.734. The van der Waals surface area contributed by atoms with Gasteiger partial charge in [0.25, 0.3) is 0 Å². The zero-order valence-corrected chi connectivity index (χ0v) is 10.0. The summed E-state index contributed by atoms with van der Waals surface area (Å²) in [6.07, 6.45) is 2.45. The van der Waals surface area contributed by atoms with Gasteiger partial charge in [-0.1, -0.05) is 0 Å². The molecule has 98 valence electrons. The SMILES string of the molecule is COC(=O)C1CC(O)CN1Cc1cncc(F)c1. The van der Waals surface area contributed by atoms with Gasteiger partial charge in [0.05, 0.1) is 19.4 Å². The second-order valence-corrected chi connectivity index (χ2v) is 4.37. The molecule has 2 unspecified atom stereocenters. The van der Waals surface area contributed by atoms with Crippen LogP contribution in [0, 0.1) is 5.82 Å². The molecule has 1 saturated heterocycles. The van der Waals surface area contributed by atoms with Crippen LogP contribution < -0.4 is 0 Å². The highest BCUT2D eigenvalue weighted by atomic mass is 19.1. The van der Waals surface area contributed by atoms with E-state index < -0.39 is 18.0 Å². The maximum absolute atomic E-state index is 13.0. The summed E-state index contributed by atoms with van der Waals surface area (Å²) < 4.78 is 17.7. The Balaban J connectivity index is 2.09. The van der Waals surface area contributed by atoms with Gasteiger partial charge in [-0.05, 0) is 11.6 Å². The van der Waals surface area contributed by atoms with Crippen molar-refractivity contribution in [3.8, 4) is 0 Å². The van der Waals surface area contributed by atoms with Gasteiger partial charge in [0.2, 0.25) is 0 Å². The van der Waals surface area contributed by atoms with E-state index in [-0.39, 0.29) is 5.97 Å². The van der Waals surface area contributed by atoms with Gasteiger partial charge in [0.15, 0.2) is 0 Å². The van der Waals surface area contributed by atoms with Crippen molar-refractivity contribution in [2.24, 2.45) is 0 Å². The van der Waals surface area contributed by atoms with Crippen LogP contribution >= 0.6 is 0 Å². The van der Waals surface area contributed by atoms with Gasteiger partial charge < -0.3 is 9.84 Å². The minimum atomic E-state index is -0.560. The molecule has 1 aliphatic rings. The Labute approximate surface area is 104 Å². The summed E-state index contributed by atoms with van der Waals surface area (Å²) in [6, 6.07) is 0.889. The van der Waals surface area contributed by atoms with Gasteiger partial charge in [0.1, 0.15) is 11.9 Å². The monoisotopic (exact) mass is 254 g/mol. The molecule has 1 aliphatic heterocycles. The van der Waals surface area contributed by atoms with Gasteiger partial charge in [-0.3, -0.25) is 14.7 Å². The molecule has 0 radical (unpaired) electrons. The van der Waals surface area contributed by atoms with Crippen LogP contribution in [0.4, 0.5) is 4.39 Å². The smallest absolute Gasteiger partial charge is 0.323 e. The Morgan fingerprint density at radius 1 is 1.67 bits per heavy atom. The average molecular weight is 254 g/mol. The number of nitrogens with zero attached hydrogens (tertiary/aromatic N) is 2. The molecule has 0 saturated carbocycles. The summed E-state index contributed by atoms with van der Waals surface area (Å²) in [4.78, 5) is 17.1. The normalized spacial score (nSPS) is 24.2. The van der Waals surface area contributed by atoms with Crippen LogP contribution in [0.2, 0.25) is 0 Å². The number of ether oxygens (including phenoxy) is 1. The number of aromatic nitrogens is 1. The maximum atomic E-state index is 13.0. The number of methoxy groups -OCH3 is 1. The molecule has 2 atom stereocenters. The predicted molar refractivity (Wildman–Crippen MR) is 61.0 cm³/mol. The first kappa shape index (κ1) is 12.9. The zero-order valence-electron chi connectivity index (χ0n) is 10.0. The van der Waals surface area contributed by atoms with Crippen LogP contribution in [-0.2, 0) is 16.1 Å². The molecule has 1 N–H and O–H groups in total. The Bertz CT molecular complexity index is 441. The van der Waals surface area contributed by atoms with Crippen molar-refractivity contribution in [1.29, 1.82) is 0 Å². The van der Waals surface area contributed by atoms with Crippen molar-refractivity contribution >= 4 is 5.97 Å². The van der Waals surface area contributed by atoms with E-state index in [1.54, 1.807) is 11.1 Å². The molecule has 0 amide bonds. The Morgan fingerprint density at radius 3 is 3.11 bits per heavy atom. The minimum absolute atomic E-state index is 0.343. The molecule has 0 bridgehead atoms. The van der Waals surface area contributed by atoms with Crippen molar-refractivity contribution in [2.75, 3.05) is 13.7 Å². The van der Waals surface area contributed by atoms with E-state index >= 15 is 0 Å². The van der Waals surface area contributed by atoms with E-state index in [9.17, 15) is 14.3 Å². The highest BCUT2D eigenvalue weighted by molar-refractivity contribution is 5.76. The number of carbonyl (C=O) groups is 1. The number of esters is 1. The van der Waals surface area contributed by atoms with Crippen LogP contribution in [0.3, 0.4) is 0 Å². The number of hydrogen-bond acceptors (Lipinski definition) is 5. The zero-order chi connectivity index (χ0) is 13.1. The Morgan fingerprint density at radius 2 is 2.44 bits per heavy atom. The number of rotatable bonds is 3. The first-order chi connectivity index (χ1) is 8.60. The van der Waals surface area contributed by atoms with Crippen molar-refractivity contribution in [3.63, 3.8) is 0 Å². The lowest BCUT2D eigenvalue weighted by molar-refractivity contribution is -0.146. The van der Waals surface area contributed by atoms with E-state index in [1.165, 1.54) is 13.2 Å². The van der Waals surface area contributed by atoms with Crippen molar-refractivity contribution in [3.05, 3.63) is 29.8 Å². The van der Waals surface area contributed by atoms with E-state index in [2.05, 4.69) is 4.98 Å². The molecule has 0 aromatic carbocycles. The van der Waals surface area contributed by atoms with Crippen LogP contribution in [-0.4, -0.2) is 46.8 Å². The molecule has 1 fully saturated rings. The third kappa shape index (κ3) is 2.83. The number of carbonyl (C=O) groups excluding carboxylic acids is 1. The highest BCUT2D eigenvalue weighted by Crippen LogP contribution is 2.21. The van der Waals surface area contributed by atoms with Gasteiger partial charge in [0, 0.05) is 25.7 Å². The molecule has 1 aromatic rings.